The van der Waals surface area contributed by atoms with Crippen molar-refractivity contribution in [3.05, 3.63) is 50.2 Å². The standard InChI is InChI=1S/C13H7Cl4NO2/c14-7-3-9(15)13(10(16)4-7)8-5-18-11(17)1-6(8)2-12(19)20/h1,3-5H,2H2,(H,19,20). The molecule has 0 unspecified atom stereocenters. The fraction of sp³-hybridized carbons (Fsp3) is 0.0769. The van der Waals surface area contributed by atoms with Crippen molar-refractivity contribution in [3.8, 4) is 11.1 Å². The molecule has 0 saturated heterocycles. The largest absolute Gasteiger partial charge is 0.481 e. The van der Waals surface area contributed by atoms with E-state index < -0.39 is 5.97 Å². The highest BCUT2D eigenvalue weighted by Crippen LogP contribution is 2.39. The first kappa shape index (κ1) is 15.4. The van der Waals surface area contributed by atoms with Crippen molar-refractivity contribution in [2.24, 2.45) is 0 Å². The summed E-state index contributed by atoms with van der Waals surface area (Å²) in [5.41, 5.74) is 1.48. The molecule has 1 aromatic carbocycles. The summed E-state index contributed by atoms with van der Waals surface area (Å²) in [4.78, 5) is 14.9. The van der Waals surface area contributed by atoms with Gasteiger partial charge in [-0.15, -0.1) is 0 Å². The van der Waals surface area contributed by atoms with Gasteiger partial charge < -0.3 is 5.11 Å². The van der Waals surface area contributed by atoms with E-state index in [1.807, 2.05) is 0 Å². The molecule has 2 aromatic rings. The minimum absolute atomic E-state index is 0.200. The van der Waals surface area contributed by atoms with Crippen molar-refractivity contribution >= 4 is 52.4 Å². The molecule has 20 heavy (non-hydrogen) atoms. The quantitative estimate of drug-likeness (QED) is 0.793. The molecule has 1 N–H and O–H groups in total. The molecule has 7 heteroatoms. The van der Waals surface area contributed by atoms with Crippen molar-refractivity contribution in [2.45, 2.75) is 6.42 Å². The van der Waals surface area contributed by atoms with Gasteiger partial charge in [0.15, 0.2) is 0 Å². The number of benzene rings is 1. The number of rotatable bonds is 3. The molecule has 0 aliphatic carbocycles. The van der Waals surface area contributed by atoms with E-state index in [0.29, 0.717) is 31.8 Å². The summed E-state index contributed by atoms with van der Waals surface area (Å²) in [7, 11) is 0. The summed E-state index contributed by atoms with van der Waals surface area (Å²) >= 11 is 23.9. The molecule has 0 fully saturated rings. The number of carboxylic acids is 1. The highest BCUT2D eigenvalue weighted by molar-refractivity contribution is 6.42. The minimum atomic E-state index is -0.991. The van der Waals surface area contributed by atoms with Crippen molar-refractivity contribution in [3.63, 3.8) is 0 Å². The van der Waals surface area contributed by atoms with Crippen LogP contribution in [0.1, 0.15) is 5.56 Å². The van der Waals surface area contributed by atoms with Gasteiger partial charge in [-0.05, 0) is 23.8 Å². The van der Waals surface area contributed by atoms with E-state index in [1.165, 1.54) is 24.4 Å². The van der Waals surface area contributed by atoms with Crippen molar-refractivity contribution in [1.29, 1.82) is 0 Å². The fourth-order valence-corrected chi connectivity index (χ4v) is 3.00. The van der Waals surface area contributed by atoms with Gasteiger partial charge in [-0.25, -0.2) is 4.98 Å². The third-order valence-electron chi connectivity index (χ3n) is 2.57. The number of carbonyl (C=O) groups is 1. The van der Waals surface area contributed by atoms with Crippen LogP contribution in [0.25, 0.3) is 11.1 Å². The normalized spacial score (nSPS) is 10.6. The second kappa shape index (κ2) is 6.19. The van der Waals surface area contributed by atoms with Gasteiger partial charge in [0.2, 0.25) is 0 Å². The van der Waals surface area contributed by atoms with Gasteiger partial charge in [0.05, 0.1) is 16.5 Å². The molecule has 1 aromatic heterocycles. The first-order chi connectivity index (χ1) is 9.38. The number of halogens is 4. The molecule has 1 heterocycles. The summed E-state index contributed by atoms with van der Waals surface area (Å²) in [5.74, 6) is -0.991. The Labute approximate surface area is 135 Å². The van der Waals surface area contributed by atoms with Crippen LogP contribution in [0.2, 0.25) is 20.2 Å². The molecule has 3 nitrogen and oxygen atoms in total. The third-order valence-corrected chi connectivity index (χ3v) is 3.60. The number of hydrogen-bond acceptors (Lipinski definition) is 2. The zero-order valence-corrected chi connectivity index (χ0v) is 12.9. The number of aliphatic carboxylic acids is 1. The maximum absolute atomic E-state index is 10.9. The van der Waals surface area contributed by atoms with Crippen molar-refractivity contribution < 1.29 is 9.90 Å². The number of aromatic nitrogens is 1. The summed E-state index contributed by atoms with van der Waals surface area (Å²) in [6.07, 6.45) is 1.23. The highest BCUT2D eigenvalue weighted by Gasteiger charge is 2.16. The van der Waals surface area contributed by atoms with Crippen molar-refractivity contribution in [2.75, 3.05) is 0 Å². The van der Waals surface area contributed by atoms with E-state index in [2.05, 4.69) is 4.98 Å². The Kier molecular flexibility index (Phi) is 4.76. The Balaban J connectivity index is 2.66. The lowest BCUT2D eigenvalue weighted by molar-refractivity contribution is -0.136. The zero-order chi connectivity index (χ0) is 14.9. The van der Waals surface area contributed by atoms with Crippen LogP contribution < -0.4 is 0 Å². The van der Waals surface area contributed by atoms with E-state index in [9.17, 15) is 4.79 Å². The lowest BCUT2D eigenvalue weighted by atomic mass is 10.00. The lowest BCUT2D eigenvalue weighted by Gasteiger charge is -2.12. The molecule has 104 valence electrons. The first-order valence-corrected chi connectivity index (χ1v) is 6.91. The molecular formula is C13H7Cl4NO2. The van der Waals surface area contributed by atoms with Crippen LogP contribution in [0, 0.1) is 0 Å². The smallest absolute Gasteiger partial charge is 0.307 e. The second-order valence-corrected chi connectivity index (χ2v) is 5.62. The Morgan fingerprint density at radius 3 is 2.25 bits per heavy atom. The number of hydrogen-bond donors (Lipinski definition) is 1. The average molecular weight is 351 g/mol. The molecule has 0 aliphatic rings. The van der Waals surface area contributed by atoms with E-state index >= 15 is 0 Å². The molecule has 2 rings (SSSR count). The topological polar surface area (TPSA) is 50.2 Å². The van der Waals surface area contributed by atoms with Gasteiger partial charge in [0, 0.05) is 22.3 Å². The average Bonchev–Trinajstić information content (AvgIpc) is 2.29. The van der Waals surface area contributed by atoms with Crippen LogP contribution in [0.4, 0.5) is 0 Å². The molecule has 0 atom stereocenters. The fourth-order valence-electron chi connectivity index (χ4n) is 1.80. The molecule has 0 radical (unpaired) electrons. The Morgan fingerprint density at radius 1 is 1.10 bits per heavy atom. The van der Waals surface area contributed by atoms with E-state index in [0.717, 1.165) is 0 Å². The van der Waals surface area contributed by atoms with Crippen molar-refractivity contribution in [1.82, 2.24) is 4.98 Å². The van der Waals surface area contributed by atoms with Crippen LogP contribution in [0.3, 0.4) is 0 Å². The van der Waals surface area contributed by atoms with E-state index in [-0.39, 0.29) is 11.6 Å². The van der Waals surface area contributed by atoms with E-state index in [4.69, 9.17) is 51.5 Å². The molecule has 0 bridgehead atoms. The summed E-state index contributed by atoms with van der Waals surface area (Å²) in [6, 6.07) is 4.54. The second-order valence-electron chi connectivity index (χ2n) is 3.98. The number of pyridine rings is 1. The van der Waals surface area contributed by atoms with Gasteiger partial charge in [-0.2, -0.15) is 0 Å². The molecule has 0 aliphatic heterocycles. The lowest BCUT2D eigenvalue weighted by Crippen LogP contribution is -2.03. The minimum Gasteiger partial charge on any atom is -0.481 e. The van der Waals surface area contributed by atoms with Gasteiger partial charge in [0.1, 0.15) is 5.15 Å². The molecule has 0 spiro atoms. The SMILES string of the molecule is O=C(O)Cc1cc(Cl)ncc1-c1c(Cl)cc(Cl)cc1Cl. The maximum atomic E-state index is 10.9. The van der Waals surface area contributed by atoms with Crippen LogP contribution >= 0.6 is 46.4 Å². The Bertz CT molecular complexity index is 665. The molecule has 0 amide bonds. The van der Waals surface area contributed by atoms with Crippen LogP contribution in [-0.2, 0) is 11.2 Å². The van der Waals surface area contributed by atoms with Crippen LogP contribution in [0.15, 0.2) is 24.4 Å². The van der Waals surface area contributed by atoms with E-state index in [1.54, 1.807) is 0 Å². The van der Waals surface area contributed by atoms with Gasteiger partial charge in [-0.1, -0.05) is 46.4 Å². The van der Waals surface area contributed by atoms with Crippen LogP contribution in [-0.4, -0.2) is 16.1 Å². The number of nitrogens with zero attached hydrogens (tertiary/aromatic N) is 1. The zero-order valence-electron chi connectivity index (χ0n) is 9.83. The molecule has 0 saturated carbocycles. The predicted octanol–water partition coefficient (Wildman–Crippen LogP) is 4.99. The monoisotopic (exact) mass is 349 g/mol. The van der Waals surface area contributed by atoms with Gasteiger partial charge in [-0.3, -0.25) is 4.79 Å². The summed E-state index contributed by atoms with van der Waals surface area (Å²) in [6.45, 7) is 0. The maximum Gasteiger partial charge on any atom is 0.307 e. The highest BCUT2D eigenvalue weighted by atomic mass is 35.5. The summed E-state index contributed by atoms with van der Waals surface area (Å²) in [5, 5.41) is 10.2. The summed E-state index contributed by atoms with van der Waals surface area (Å²) < 4.78 is 0. The Hall–Kier alpha value is -1.000. The van der Waals surface area contributed by atoms with Crippen LogP contribution in [0.5, 0.6) is 0 Å². The predicted molar refractivity (Wildman–Crippen MR) is 81.1 cm³/mol. The van der Waals surface area contributed by atoms with Gasteiger partial charge >= 0.3 is 5.97 Å². The molecular weight excluding hydrogens is 344 g/mol. The Morgan fingerprint density at radius 2 is 1.70 bits per heavy atom. The first-order valence-electron chi connectivity index (χ1n) is 5.39. The van der Waals surface area contributed by atoms with Gasteiger partial charge in [0.25, 0.3) is 0 Å². The third kappa shape index (κ3) is 3.36. The number of carboxylic acid groups (broad SMARTS) is 1.